The van der Waals surface area contributed by atoms with Gasteiger partial charge in [-0.3, -0.25) is 4.79 Å². The number of amides is 1. The van der Waals surface area contributed by atoms with E-state index in [2.05, 4.69) is 10.6 Å². The summed E-state index contributed by atoms with van der Waals surface area (Å²) in [6.07, 6.45) is 0. The lowest BCUT2D eigenvalue weighted by atomic mass is 10.2. The van der Waals surface area contributed by atoms with Crippen LogP contribution in [-0.4, -0.2) is 26.4 Å². The topological polar surface area (TPSA) is 68.8 Å². The molecule has 2 N–H and O–H groups in total. The van der Waals surface area contributed by atoms with Gasteiger partial charge in [0.25, 0.3) is 0 Å². The van der Waals surface area contributed by atoms with Crippen LogP contribution in [0.5, 0.6) is 17.2 Å². The molecule has 6 nitrogen and oxygen atoms in total. The number of ether oxygens (including phenoxy) is 3. The maximum atomic E-state index is 11.9. The van der Waals surface area contributed by atoms with Crippen molar-refractivity contribution < 1.29 is 19.0 Å². The van der Waals surface area contributed by atoms with Gasteiger partial charge in [-0.1, -0.05) is 18.2 Å². The molecule has 6 heteroatoms. The van der Waals surface area contributed by atoms with E-state index in [1.807, 2.05) is 42.5 Å². The van der Waals surface area contributed by atoms with E-state index in [0.29, 0.717) is 13.1 Å². The first-order valence-corrected chi connectivity index (χ1v) is 7.73. The highest BCUT2D eigenvalue weighted by atomic mass is 16.7. The highest BCUT2D eigenvalue weighted by Gasteiger charge is 2.13. The Kier molecular flexibility index (Phi) is 5.18. The van der Waals surface area contributed by atoms with Gasteiger partial charge in [-0.25, -0.2) is 0 Å². The van der Waals surface area contributed by atoms with E-state index < -0.39 is 0 Å². The first kappa shape index (κ1) is 16.1. The van der Waals surface area contributed by atoms with Gasteiger partial charge in [-0.15, -0.1) is 0 Å². The maximum absolute atomic E-state index is 11.9. The van der Waals surface area contributed by atoms with Crippen LogP contribution in [0, 0.1) is 0 Å². The molecule has 1 heterocycles. The second-order valence-electron chi connectivity index (χ2n) is 5.42. The van der Waals surface area contributed by atoms with E-state index in [1.165, 1.54) is 0 Å². The molecule has 0 unspecified atom stereocenters. The van der Waals surface area contributed by atoms with Crippen LogP contribution in [0.3, 0.4) is 0 Å². The lowest BCUT2D eigenvalue weighted by molar-refractivity contribution is -0.120. The van der Waals surface area contributed by atoms with Crippen LogP contribution >= 0.6 is 0 Å². The van der Waals surface area contributed by atoms with Gasteiger partial charge >= 0.3 is 0 Å². The predicted molar refractivity (Wildman–Crippen MR) is 89.1 cm³/mol. The molecule has 0 saturated carbocycles. The Morgan fingerprint density at radius 1 is 1.08 bits per heavy atom. The summed E-state index contributed by atoms with van der Waals surface area (Å²) < 4.78 is 15.8. The fourth-order valence-electron chi connectivity index (χ4n) is 2.42. The Hall–Kier alpha value is -2.73. The van der Waals surface area contributed by atoms with Crippen LogP contribution in [0.2, 0.25) is 0 Å². The summed E-state index contributed by atoms with van der Waals surface area (Å²) in [7, 11) is 1.64. The molecule has 1 amide bonds. The van der Waals surface area contributed by atoms with Gasteiger partial charge in [0, 0.05) is 13.1 Å². The molecule has 0 atom stereocenters. The third-order valence-electron chi connectivity index (χ3n) is 3.68. The van der Waals surface area contributed by atoms with Crippen LogP contribution in [-0.2, 0) is 17.9 Å². The standard InChI is InChI=1S/C18H20N2O4/c1-22-15-4-2-3-13(7-15)9-19-11-18(21)20-10-14-5-6-16-17(8-14)24-12-23-16/h2-8,19H,9-12H2,1H3,(H,20,21). The molecule has 0 radical (unpaired) electrons. The summed E-state index contributed by atoms with van der Waals surface area (Å²) in [4.78, 5) is 11.9. The second-order valence-corrected chi connectivity index (χ2v) is 5.42. The Morgan fingerprint density at radius 3 is 2.79 bits per heavy atom. The minimum absolute atomic E-state index is 0.0597. The SMILES string of the molecule is COc1cccc(CNCC(=O)NCc2ccc3c(c2)OCO3)c1. The molecule has 0 aromatic heterocycles. The summed E-state index contributed by atoms with van der Waals surface area (Å²) in [6, 6.07) is 13.4. The molecule has 126 valence electrons. The summed E-state index contributed by atoms with van der Waals surface area (Å²) in [6.45, 7) is 1.56. The van der Waals surface area contributed by atoms with E-state index in [9.17, 15) is 4.79 Å². The molecule has 2 aromatic rings. The van der Waals surface area contributed by atoms with Gasteiger partial charge in [0.1, 0.15) is 5.75 Å². The Bertz CT molecular complexity index is 718. The van der Waals surface area contributed by atoms with E-state index >= 15 is 0 Å². The molecule has 1 aliphatic heterocycles. The molecule has 0 fully saturated rings. The first-order chi connectivity index (χ1) is 11.7. The summed E-state index contributed by atoms with van der Waals surface area (Å²) in [5.41, 5.74) is 2.04. The zero-order chi connectivity index (χ0) is 16.8. The number of carbonyl (C=O) groups excluding carboxylic acids is 1. The average Bonchev–Trinajstić information content (AvgIpc) is 3.08. The fraction of sp³-hybridized carbons (Fsp3) is 0.278. The molecule has 0 saturated heterocycles. The lowest BCUT2D eigenvalue weighted by Crippen LogP contribution is -2.33. The quantitative estimate of drug-likeness (QED) is 0.811. The van der Waals surface area contributed by atoms with Gasteiger partial charge < -0.3 is 24.8 Å². The summed E-state index contributed by atoms with van der Waals surface area (Å²) in [5, 5.41) is 5.99. The number of nitrogens with one attached hydrogen (secondary N) is 2. The average molecular weight is 328 g/mol. The fourth-order valence-corrected chi connectivity index (χ4v) is 2.42. The number of rotatable bonds is 7. The number of methoxy groups -OCH3 is 1. The Balaban J connectivity index is 1.41. The van der Waals surface area contributed by atoms with Crippen molar-refractivity contribution in [2.24, 2.45) is 0 Å². The van der Waals surface area contributed by atoms with Crippen LogP contribution in [0.4, 0.5) is 0 Å². The molecular weight excluding hydrogens is 308 g/mol. The van der Waals surface area contributed by atoms with Crippen molar-refractivity contribution in [2.45, 2.75) is 13.1 Å². The monoisotopic (exact) mass is 328 g/mol. The van der Waals surface area contributed by atoms with E-state index in [4.69, 9.17) is 14.2 Å². The van der Waals surface area contributed by atoms with Crippen molar-refractivity contribution in [1.82, 2.24) is 10.6 Å². The van der Waals surface area contributed by atoms with Gasteiger partial charge in [0.2, 0.25) is 12.7 Å². The van der Waals surface area contributed by atoms with Crippen LogP contribution in [0.1, 0.15) is 11.1 Å². The molecule has 0 bridgehead atoms. The molecule has 0 aliphatic carbocycles. The molecule has 0 spiro atoms. The van der Waals surface area contributed by atoms with Gasteiger partial charge in [-0.05, 0) is 35.4 Å². The van der Waals surface area contributed by atoms with E-state index in [1.54, 1.807) is 7.11 Å². The maximum Gasteiger partial charge on any atom is 0.234 e. The zero-order valence-corrected chi connectivity index (χ0v) is 13.5. The van der Waals surface area contributed by atoms with Crippen molar-refractivity contribution >= 4 is 5.91 Å². The minimum Gasteiger partial charge on any atom is -0.497 e. The first-order valence-electron chi connectivity index (χ1n) is 7.73. The van der Waals surface area contributed by atoms with Crippen molar-refractivity contribution in [3.63, 3.8) is 0 Å². The second kappa shape index (κ2) is 7.70. The third kappa shape index (κ3) is 4.17. The summed E-state index contributed by atoms with van der Waals surface area (Å²) in [5.74, 6) is 2.21. The molecule has 2 aromatic carbocycles. The molecule has 24 heavy (non-hydrogen) atoms. The largest absolute Gasteiger partial charge is 0.497 e. The Labute approximate surface area is 140 Å². The number of hydrogen-bond acceptors (Lipinski definition) is 5. The number of benzene rings is 2. The van der Waals surface area contributed by atoms with Crippen LogP contribution in [0.25, 0.3) is 0 Å². The smallest absolute Gasteiger partial charge is 0.234 e. The normalized spacial score (nSPS) is 12.0. The highest BCUT2D eigenvalue weighted by Crippen LogP contribution is 2.32. The van der Waals surface area contributed by atoms with E-state index in [-0.39, 0.29) is 19.2 Å². The van der Waals surface area contributed by atoms with E-state index in [0.717, 1.165) is 28.4 Å². The predicted octanol–water partition coefficient (Wildman–Crippen LogP) is 1.83. The van der Waals surface area contributed by atoms with Crippen molar-refractivity contribution in [3.8, 4) is 17.2 Å². The molecular formula is C18H20N2O4. The Morgan fingerprint density at radius 2 is 1.92 bits per heavy atom. The van der Waals surface area contributed by atoms with Crippen molar-refractivity contribution in [3.05, 3.63) is 53.6 Å². The van der Waals surface area contributed by atoms with Gasteiger partial charge in [0.15, 0.2) is 11.5 Å². The number of carbonyl (C=O) groups is 1. The molecule has 1 aliphatic rings. The molecule has 3 rings (SSSR count). The van der Waals surface area contributed by atoms with Crippen molar-refractivity contribution in [2.75, 3.05) is 20.4 Å². The highest BCUT2D eigenvalue weighted by molar-refractivity contribution is 5.78. The van der Waals surface area contributed by atoms with Gasteiger partial charge in [0.05, 0.1) is 13.7 Å². The van der Waals surface area contributed by atoms with Crippen LogP contribution < -0.4 is 24.8 Å². The third-order valence-corrected chi connectivity index (χ3v) is 3.68. The minimum atomic E-state index is -0.0597. The van der Waals surface area contributed by atoms with Crippen molar-refractivity contribution in [1.29, 1.82) is 0 Å². The number of hydrogen-bond donors (Lipinski definition) is 2. The summed E-state index contributed by atoms with van der Waals surface area (Å²) >= 11 is 0. The number of fused-ring (bicyclic) bond motifs is 1. The van der Waals surface area contributed by atoms with Crippen LogP contribution in [0.15, 0.2) is 42.5 Å². The lowest BCUT2D eigenvalue weighted by Gasteiger charge is -2.08. The van der Waals surface area contributed by atoms with Gasteiger partial charge in [-0.2, -0.15) is 0 Å². The zero-order valence-electron chi connectivity index (χ0n) is 13.5.